The number of sulfonamides is 2. The smallest absolute Gasteiger partial charge is 0.282 e. The van der Waals surface area contributed by atoms with Crippen molar-refractivity contribution in [2.75, 3.05) is 15.7 Å². The summed E-state index contributed by atoms with van der Waals surface area (Å²) in [5.41, 5.74) is -0.637. The summed E-state index contributed by atoms with van der Waals surface area (Å²) >= 11 is 0. The van der Waals surface area contributed by atoms with E-state index < -0.39 is 35.6 Å². The largest absolute Gasteiger partial charge is 0.289 e. The molecule has 9 nitrogen and oxygen atoms in total. The van der Waals surface area contributed by atoms with Gasteiger partial charge in [0.15, 0.2) is 4.90 Å². The Labute approximate surface area is 138 Å². The Bertz CT molecular complexity index is 986. The van der Waals surface area contributed by atoms with Gasteiger partial charge in [0.1, 0.15) is 0 Å². The predicted molar refractivity (Wildman–Crippen MR) is 88.8 cm³/mol. The van der Waals surface area contributed by atoms with Gasteiger partial charge in [-0.15, -0.1) is 0 Å². The fourth-order valence-electron chi connectivity index (χ4n) is 1.90. The van der Waals surface area contributed by atoms with Gasteiger partial charge in [-0.2, -0.15) is 0 Å². The van der Waals surface area contributed by atoms with Crippen LogP contribution in [0.1, 0.15) is 0 Å². The highest BCUT2D eigenvalue weighted by Gasteiger charge is 2.26. The van der Waals surface area contributed by atoms with E-state index in [2.05, 4.69) is 9.44 Å². The number of nitrogens with zero attached hydrogens (tertiary/aromatic N) is 1. The number of hydrogen-bond acceptors (Lipinski definition) is 6. The zero-order valence-corrected chi connectivity index (χ0v) is 14.0. The minimum Gasteiger partial charge on any atom is -0.282 e. The monoisotopic (exact) mass is 371 g/mol. The number of para-hydroxylation sites is 3. The third-order valence-electron chi connectivity index (χ3n) is 2.82. The van der Waals surface area contributed by atoms with Gasteiger partial charge in [0, 0.05) is 6.07 Å². The zero-order chi connectivity index (χ0) is 18.0. The van der Waals surface area contributed by atoms with Gasteiger partial charge in [-0.1, -0.05) is 24.3 Å². The van der Waals surface area contributed by atoms with Gasteiger partial charge in [0.25, 0.3) is 15.7 Å². The Balaban J connectivity index is 2.47. The lowest BCUT2D eigenvalue weighted by atomic mass is 10.3. The van der Waals surface area contributed by atoms with Gasteiger partial charge in [0.2, 0.25) is 10.0 Å². The van der Waals surface area contributed by atoms with Gasteiger partial charge in [-0.3, -0.25) is 19.6 Å². The van der Waals surface area contributed by atoms with Gasteiger partial charge >= 0.3 is 0 Å². The second-order valence-electron chi connectivity index (χ2n) is 4.75. The first kappa shape index (κ1) is 17.7. The van der Waals surface area contributed by atoms with Crippen molar-refractivity contribution >= 4 is 37.1 Å². The lowest BCUT2D eigenvalue weighted by Crippen LogP contribution is -2.17. The number of rotatable bonds is 6. The van der Waals surface area contributed by atoms with Crippen LogP contribution < -0.4 is 9.44 Å². The normalized spacial score (nSPS) is 11.7. The molecule has 0 aliphatic carbocycles. The van der Waals surface area contributed by atoms with Crippen molar-refractivity contribution in [1.29, 1.82) is 0 Å². The van der Waals surface area contributed by atoms with E-state index in [1.54, 1.807) is 0 Å². The Morgan fingerprint density at radius 1 is 0.875 bits per heavy atom. The molecule has 0 aliphatic heterocycles. The molecule has 0 amide bonds. The molecule has 0 aliphatic rings. The average Bonchev–Trinajstić information content (AvgIpc) is 2.47. The molecule has 0 saturated heterocycles. The van der Waals surface area contributed by atoms with Crippen molar-refractivity contribution in [3.8, 4) is 0 Å². The molecular weight excluding hydrogens is 358 g/mol. The molecule has 0 unspecified atom stereocenters. The van der Waals surface area contributed by atoms with E-state index in [0.717, 1.165) is 18.4 Å². The second-order valence-corrected chi connectivity index (χ2v) is 8.15. The van der Waals surface area contributed by atoms with Crippen molar-refractivity contribution in [2.45, 2.75) is 4.90 Å². The number of nitrogens with one attached hydrogen (secondary N) is 2. The Morgan fingerprint density at radius 3 is 1.92 bits per heavy atom. The predicted octanol–water partition coefficient (Wildman–Crippen LogP) is 1.77. The third kappa shape index (κ3) is 4.20. The Hall–Kier alpha value is -2.66. The van der Waals surface area contributed by atoms with E-state index in [4.69, 9.17) is 0 Å². The van der Waals surface area contributed by atoms with Crippen LogP contribution in [0.3, 0.4) is 0 Å². The van der Waals surface area contributed by atoms with E-state index in [0.29, 0.717) is 0 Å². The maximum atomic E-state index is 12.5. The summed E-state index contributed by atoms with van der Waals surface area (Å²) in [5.74, 6) is 0. The number of nitro benzene ring substituents is 1. The SMILES string of the molecule is CS(=O)(=O)Nc1ccccc1NS(=O)(=O)c1ccccc1[N+](=O)[O-]. The summed E-state index contributed by atoms with van der Waals surface area (Å²) in [4.78, 5) is 9.66. The molecule has 128 valence electrons. The van der Waals surface area contributed by atoms with Crippen molar-refractivity contribution in [1.82, 2.24) is 0 Å². The molecular formula is C13H13N3O6S2. The molecule has 2 N–H and O–H groups in total. The van der Waals surface area contributed by atoms with Gasteiger partial charge < -0.3 is 0 Å². The van der Waals surface area contributed by atoms with Crippen LogP contribution in [0.2, 0.25) is 0 Å². The highest BCUT2D eigenvalue weighted by molar-refractivity contribution is 7.93. The van der Waals surface area contributed by atoms with E-state index in [1.165, 1.54) is 36.4 Å². The molecule has 2 aromatic carbocycles. The van der Waals surface area contributed by atoms with Crippen LogP contribution in [-0.4, -0.2) is 28.0 Å². The summed E-state index contributed by atoms with van der Waals surface area (Å²) in [6.07, 6.45) is 0.917. The molecule has 0 radical (unpaired) electrons. The standard InChI is InChI=1S/C13H13N3O6S2/c1-23(19,20)14-10-6-2-3-7-11(10)15-24(21,22)13-9-5-4-8-12(13)16(17)18/h2-9,14-15H,1H3. The molecule has 0 atom stereocenters. The van der Waals surface area contributed by atoms with Gasteiger partial charge in [-0.25, -0.2) is 16.8 Å². The van der Waals surface area contributed by atoms with E-state index in [9.17, 15) is 26.9 Å². The van der Waals surface area contributed by atoms with Crippen molar-refractivity contribution in [2.24, 2.45) is 0 Å². The maximum absolute atomic E-state index is 12.5. The molecule has 0 bridgehead atoms. The van der Waals surface area contributed by atoms with Crippen molar-refractivity contribution in [3.63, 3.8) is 0 Å². The highest BCUT2D eigenvalue weighted by Crippen LogP contribution is 2.28. The van der Waals surface area contributed by atoms with E-state index in [1.807, 2.05) is 0 Å². The molecule has 24 heavy (non-hydrogen) atoms. The number of nitro groups is 1. The van der Waals surface area contributed by atoms with Crippen LogP contribution in [-0.2, 0) is 20.0 Å². The molecule has 0 fully saturated rings. The first-order valence-corrected chi connectivity index (χ1v) is 9.81. The minimum atomic E-state index is -4.29. The molecule has 0 aromatic heterocycles. The summed E-state index contributed by atoms with van der Waals surface area (Å²) < 4.78 is 51.9. The maximum Gasteiger partial charge on any atom is 0.289 e. The molecule has 2 rings (SSSR count). The lowest BCUT2D eigenvalue weighted by molar-refractivity contribution is -0.387. The lowest BCUT2D eigenvalue weighted by Gasteiger charge is -2.13. The molecule has 11 heteroatoms. The molecule has 0 heterocycles. The quantitative estimate of drug-likeness (QED) is 0.587. The zero-order valence-electron chi connectivity index (χ0n) is 12.3. The number of benzene rings is 2. The highest BCUT2D eigenvalue weighted by atomic mass is 32.2. The Kier molecular flexibility index (Phi) is 4.76. The summed E-state index contributed by atoms with van der Waals surface area (Å²) in [6.45, 7) is 0. The second kappa shape index (κ2) is 6.45. The molecule has 0 saturated carbocycles. The first-order valence-electron chi connectivity index (χ1n) is 6.43. The molecule has 0 spiro atoms. The minimum absolute atomic E-state index is 0.00200. The topological polar surface area (TPSA) is 135 Å². The van der Waals surface area contributed by atoms with Crippen molar-refractivity contribution < 1.29 is 21.8 Å². The summed E-state index contributed by atoms with van der Waals surface area (Å²) in [6, 6.07) is 10.5. The fourth-order valence-corrected chi connectivity index (χ4v) is 3.73. The Morgan fingerprint density at radius 2 is 1.38 bits per heavy atom. The van der Waals surface area contributed by atoms with Crippen LogP contribution in [0, 0.1) is 10.1 Å². The molecule has 2 aromatic rings. The summed E-state index contributed by atoms with van der Waals surface area (Å²) in [7, 11) is -7.93. The first-order chi connectivity index (χ1) is 11.1. The van der Waals surface area contributed by atoms with Crippen LogP contribution >= 0.6 is 0 Å². The van der Waals surface area contributed by atoms with E-state index in [-0.39, 0.29) is 11.4 Å². The fraction of sp³-hybridized carbons (Fsp3) is 0.0769. The van der Waals surface area contributed by atoms with Gasteiger partial charge in [-0.05, 0) is 18.2 Å². The van der Waals surface area contributed by atoms with Gasteiger partial charge in [0.05, 0.1) is 22.6 Å². The van der Waals surface area contributed by atoms with Crippen LogP contribution in [0.15, 0.2) is 53.4 Å². The van der Waals surface area contributed by atoms with E-state index >= 15 is 0 Å². The van der Waals surface area contributed by atoms with Crippen LogP contribution in [0.4, 0.5) is 17.1 Å². The van der Waals surface area contributed by atoms with Crippen LogP contribution in [0.25, 0.3) is 0 Å². The number of anilines is 2. The van der Waals surface area contributed by atoms with Crippen LogP contribution in [0.5, 0.6) is 0 Å². The average molecular weight is 371 g/mol. The summed E-state index contributed by atoms with van der Waals surface area (Å²) in [5, 5.41) is 11.0. The van der Waals surface area contributed by atoms with Crippen molar-refractivity contribution in [3.05, 3.63) is 58.6 Å². The third-order valence-corrected chi connectivity index (χ3v) is 4.82. The number of hydrogen-bond donors (Lipinski definition) is 2.